The number of carbonyl (C=O) groups excluding carboxylic acids is 2. The van der Waals surface area contributed by atoms with E-state index in [-0.39, 0.29) is 36.5 Å². The highest BCUT2D eigenvalue weighted by Crippen LogP contribution is 2.53. The van der Waals surface area contributed by atoms with Gasteiger partial charge >= 0.3 is 6.09 Å². The highest BCUT2D eigenvalue weighted by Gasteiger charge is 2.57. The summed E-state index contributed by atoms with van der Waals surface area (Å²) in [5.74, 6) is 0.244. The molecule has 0 spiro atoms. The van der Waals surface area contributed by atoms with Gasteiger partial charge in [-0.3, -0.25) is 9.69 Å². The first-order chi connectivity index (χ1) is 20.9. The summed E-state index contributed by atoms with van der Waals surface area (Å²) in [7, 11) is 0. The number of benzene rings is 2. The van der Waals surface area contributed by atoms with Crippen molar-refractivity contribution in [3.8, 4) is 5.75 Å². The molecule has 240 valence electrons. The van der Waals surface area contributed by atoms with Gasteiger partial charge in [0.2, 0.25) is 0 Å². The van der Waals surface area contributed by atoms with Gasteiger partial charge in [0.05, 0.1) is 25.4 Å². The lowest BCUT2D eigenvalue weighted by Crippen LogP contribution is -2.52. The van der Waals surface area contributed by atoms with E-state index >= 15 is 0 Å². The lowest BCUT2D eigenvalue weighted by Gasteiger charge is -2.39. The fourth-order valence-electron chi connectivity index (χ4n) is 6.87. The molecule has 2 aliphatic heterocycles. The van der Waals surface area contributed by atoms with E-state index in [0.29, 0.717) is 45.0 Å². The summed E-state index contributed by atoms with van der Waals surface area (Å²) in [6.07, 6.45) is 1.73. The molecule has 5 atom stereocenters. The zero-order valence-corrected chi connectivity index (χ0v) is 26.3. The molecule has 9 nitrogen and oxygen atoms in total. The summed E-state index contributed by atoms with van der Waals surface area (Å²) in [4.78, 5) is 29.5. The molecule has 10 heteroatoms. The van der Waals surface area contributed by atoms with Gasteiger partial charge in [0, 0.05) is 37.1 Å². The maximum absolute atomic E-state index is 13.8. The second-order valence-electron chi connectivity index (χ2n) is 13.5. The summed E-state index contributed by atoms with van der Waals surface area (Å²) >= 11 is 0. The number of nitrogens with zero attached hydrogens (tertiary/aromatic N) is 2. The zero-order chi connectivity index (χ0) is 31.5. The fourth-order valence-corrected chi connectivity index (χ4v) is 6.87. The van der Waals surface area contributed by atoms with E-state index in [2.05, 4.69) is 12.2 Å². The Hall–Kier alpha value is -3.21. The number of aliphatic hydroxyl groups excluding tert-OH is 1. The Morgan fingerprint density at radius 3 is 2.41 bits per heavy atom. The van der Waals surface area contributed by atoms with Crippen LogP contribution in [0.4, 0.5) is 9.18 Å². The molecule has 44 heavy (non-hydrogen) atoms. The molecule has 5 rings (SSSR count). The summed E-state index contributed by atoms with van der Waals surface area (Å²) in [5.41, 5.74) is 0.586. The monoisotopic (exact) mass is 611 g/mol. The third-order valence-corrected chi connectivity index (χ3v) is 9.19. The number of hydrogen-bond donors (Lipinski definition) is 2. The Morgan fingerprint density at radius 2 is 1.75 bits per heavy atom. The Balaban J connectivity index is 1.24. The standard InChI is InChI=1S/C34H46FN3O6/c1-33(2,3)44-32(41)38-28(24-10-12-25(35)13-11-24)20-34(4)29(38)7-5-6-27(31(34)40)36-21-23-8-14-26(15-9-23)43-22-30(39)37-16-18-42-19-17-37/h8-15,27-29,31,36,40H,5-7,16-22H2,1-4H3/t27-,28+,29+,31+,34+/m0/s1. The largest absolute Gasteiger partial charge is 0.484 e. The van der Waals surface area contributed by atoms with Crippen LogP contribution in [0.25, 0.3) is 0 Å². The number of halogens is 1. The maximum atomic E-state index is 13.8. The lowest BCUT2D eigenvalue weighted by molar-refractivity contribution is -0.137. The molecule has 2 heterocycles. The van der Waals surface area contributed by atoms with E-state index < -0.39 is 23.2 Å². The third-order valence-electron chi connectivity index (χ3n) is 9.19. The molecule has 0 radical (unpaired) electrons. The zero-order valence-electron chi connectivity index (χ0n) is 26.3. The Bertz CT molecular complexity index is 1280. The van der Waals surface area contributed by atoms with Crippen LogP contribution in [0.2, 0.25) is 0 Å². The van der Waals surface area contributed by atoms with Gasteiger partial charge in [-0.15, -0.1) is 0 Å². The minimum absolute atomic E-state index is 0.00909. The first-order valence-electron chi connectivity index (χ1n) is 15.7. The number of nitrogens with one attached hydrogen (secondary N) is 1. The predicted molar refractivity (Wildman–Crippen MR) is 164 cm³/mol. The lowest BCUT2D eigenvalue weighted by atomic mass is 9.74. The predicted octanol–water partition coefficient (Wildman–Crippen LogP) is 4.82. The molecule has 2 saturated heterocycles. The molecule has 0 bridgehead atoms. The number of hydrogen-bond acceptors (Lipinski definition) is 7. The summed E-state index contributed by atoms with van der Waals surface area (Å²) in [6.45, 7) is 10.4. The number of aliphatic hydroxyl groups is 1. The maximum Gasteiger partial charge on any atom is 0.411 e. The van der Waals surface area contributed by atoms with Crippen molar-refractivity contribution in [2.24, 2.45) is 5.41 Å². The minimum Gasteiger partial charge on any atom is -0.484 e. The summed E-state index contributed by atoms with van der Waals surface area (Å²) < 4.78 is 30.7. The van der Waals surface area contributed by atoms with Crippen molar-refractivity contribution in [2.45, 2.75) is 89.8 Å². The van der Waals surface area contributed by atoms with Gasteiger partial charge in [-0.2, -0.15) is 0 Å². The molecule has 1 aliphatic carbocycles. The van der Waals surface area contributed by atoms with Crippen LogP contribution in [-0.2, 0) is 20.8 Å². The number of likely N-dealkylation sites (tertiary alicyclic amines) is 1. The molecular weight excluding hydrogens is 565 g/mol. The van der Waals surface area contributed by atoms with Crippen molar-refractivity contribution < 1.29 is 33.3 Å². The normalized spacial score (nSPS) is 27.4. The molecule has 2 aromatic rings. The van der Waals surface area contributed by atoms with E-state index in [4.69, 9.17) is 14.2 Å². The van der Waals surface area contributed by atoms with Gasteiger partial charge in [-0.25, -0.2) is 9.18 Å². The van der Waals surface area contributed by atoms with Crippen LogP contribution < -0.4 is 10.1 Å². The van der Waals surface area contributed by atoms with Crippen molar-refractivity contribution in [2.75, 3.05) is 32.9 Å². The average molecular weight is 612 g/mol. The van der Waals surface area contributed by atoms with E-state index in [9.17, 15) is 19.1 Å². The van der Waals surface area contributed by atoms with Crippen LogP contribution in [0.15, 0.2) is 48.5 Å². The van der Waals surface area contributed by atoms with Crippen molar-refractivity contribution in [1.29, 1.82) is 0 Å². The van der Waals surface area contributed by atoms with Crippen LogP contribution >= 0.6 is 0 Å². The first kappa shape index (κ1) is 32.2. The SMILES string of the molecule is CC(C)(C)OC(=O)N1[C@@H](c2ccc(F)cc2)C[C@@]2(C)[C@H](O)[C@@H](NCc3ccc(OCC(=O)N4CCOCC4)cc3)CCC[C@@H]12. The second kappa shape index (κ2) is 13.4. The smallest absolute Gasteiger partial charge is 0.411 e. The first-order valence-corrected chi connectivity index (χ1v) is 15.7. The van der Waals surface area contributed by atoms with Crippen LogP contribution in [0.5, 0.6) is 5.75 Å². The molecule has 1 saturated carbocycles. The number of rotatable bonds is 7. The van der Waals surface area contributed by atoms with Gasteiger partial charge in [0.15, 0.2) is 6.61 Å². The van der Waals surface area contributed by atoms with Gasteiger partial charge in [-0.1, -0.05) is 31.2 Å². The van der Waals surface area contributed by atoms with Crippen LogP contribution in [-0.4, -0.2) is 83.6 Å². The molecule has 2 N–H and O–H groups in total. The quantitative estimate of drug-likeness (QED) is 0.463. The van der Waals surface area contributed by atoms with Crippen molar-refractivity contribution in [3.63, 3.8) is 0 Å². The van der Waals surface area contributed by atoms with Crippen LogP contribution in [0.1, 0.15) is 70.5 Å². The van der Waals surface area contributed by atoms with Crippen molar-refractivity contribution >= 4 is 12.0 Å². The Morgan fingerprint density at radius 1 is 1.07 bits per heavy atom. The number of amides is 2. The van der Waals surface area contributed by atoms with Crippen molar-refractivity contribution in [1.82, 2.24) is 15.1 Å². The van der Waals surface area contributed by atoms with E-state index in [1.807, 2.05) is 45.0 Å². The number of ether oxygens (including phenoxy) is 3. The van der Waals surface area contributed by atoms with Crippen LogP contribution in [0.3, 0.4) is 0 Å². The second-order valence-corrected chi connectivity index (χ2v) is 13.5. The van der Waals surface area contributed by atoms with Gasteiger partial charge in [-0.05, 0) is 81.8 Å². The van der Waals surface area contributed by atoms with Gasteiger partial charge < -0.3 is 29.5 Å². The summed E-state index contributed by atoms with van der Waals surface area (Å²) in [5, 5.41) is 15.5. The van der Waals surface area contributed by atoms with Gasteiger partial charge in [0.25, 0.3) is 5.91 Å². The molecular formula is C34H46FN3O6. The minimum atomic E-state index is -0.723. The molecule has 2 aromatic carbocycles. The fraction of sp³-hybridized carbons (Fsp3) is 0.588. The molecule has 0 aromatic heterocycles. The van der Waals surface area contributed by atoms with E-state index in [0.717, 1.165) is 30.4 Å². The van der Waals surface area contributed by atoms with Crippen LogP contribution in [0, 0.1) is 11.2 Å². The molecule has 0 unspecified atom stereocenters. The van der Waals surface area contributed by atoms with Crippen molar-refractivity contribution in [3.05, 3.63) is 65.5 Å². The third kappa shape index (κ3) is 7.35. The highest BCUT2D eigenvalue weighted by atomic mass is 19.1. The Kier molecular flexibility index (Phi) is 9.82. The van der Waals surface area contributed by atoms with Gasteiger partial charge in [0.1, 0.15) is 17.2 Å². The Labute approximate surface area is 259 Å². The number of carbonyl (C=O) groups is 2. The van der Waals surface area contributed by atoms with E-state index in [1.54, 1.807) is 21.9 Å². The molecule has 3 fully saturated rings. The molecule has 2 amide bonds. The number of fused-ring (bicyclic) bond motifs is 1. The van der Waals surface area contributed by atoms with E-state index in [1.165, 1.54) is 12.1 Å². The topological polar surface area (TPSA) is 101 Å². The summed E-state index contributed by atoms with van der Waals surface area (Å²) in [6, 6.07) is 13.2. The number of morpholine rings is 1. The molecule has 3 aliphatic rings. The highest BCUT2D eigenvalue weighted by molar-refractivity contribution is 5.77. The average Bonchev–Trinajstić information content (AvgIpc) is 3.24.